The van der Waals surface area contributed by atoms with Crippen molar-refractivity contribution in [2.75, 3.05) is 0 Å². The van der Waals surface area contributed by atoms with Crippen LogP contribution in [0.3, 0.4) is 0 Å². The van der Waals surface area contributed by atoms with Crippen molar-refractivity contribution in [2.24, 2.45) is 0 Å². The second-order valence-electron chi connectivity index (χ2n) is 4.47. The maximum Gasteiger partial charge on any atom is 0.187 e. The van der Waals surface area contributed by atoms with Gasteiger partial charge in [0.1, 0.15) is 0 Å². The summed E-state index contributed by atoms with van der Waals surface area (Å²) in [5, 5.41) is 4.31. The largest absolute Gasteiger partial charge is 0.412 e. The van der Waals surface area contributed by atoms with Crippen molar-refractivity contribution in [3.05, 3.63) is 91.0 Å². The van der Waals surface area contributed by atoms with Crippen LogP contribution >= 0.6 is 0 Å². The number of hydrogen-bond donors (Lipinski definition) is 0. The van der Waals surface area contributed by atoms with Crippen LogP contribution in [-0.4, -0.2) is 31.6 Å². The number of rotatable bonds is 3. The van der Waals surface area contributed by atoms with E-state index in [1.54, 1.807) is 0 Å². The molecule has 0 saturated carbocycles. The zero-order chi connectivity index (χ0) is 12.9. The Hall–Kier alpha value is -1.63. The standard InChI is InChI=1S/C18H15Si.Al.H2O.3H/c1-4-10-16(11-5-1)19(17-12-6-2-7-13-17)18-14-8-3-9-15-18;;;;;/h1-15H;;1H2;;;. The first-order valence-corrected chi connectivity index (χ1v) is 7.98. The molecule has 0 amide bonds. The van der Waals surface area contributed by atoms with E-state index in [1.165, 1.54) is 15.6 Å². The fraction of sp³-hybridized carbons (Fsp3) is 0. The van der Waals surface area contributed by atoms with Crippen molar-refractivity contribution in [3.8, 4) is 0 Å². The fourth-order valence-corrected chi connectivity index (χ4v) is 4.89. The molecule has 3 heteroatoms. The average Bonchev–Trinajstić information content (AvgIpc) is 2.51. The summed E-state index contributed by atoms with van der Waals surface area (Å²) in [6.45, 7) is 0. The van der Waals surface area contributed by atoms with E-state index in [0.717, 1.165) is 0 Å². The van der Waals surface area contributed by atoms with E-state index in [2.05, 4.69) is 91.0 Å². The summed E-state index contributed by atoms with van der Waals surface area (Å²) >= 11 is 0. The van der Waals surface area contributed by atoms with Gasteiger partial charge >= 0.3 is 0 Å². The molecule has 0 heterocycles. The lowest BCUT2D eigenvalue weighted by molar-refractivity contribution is 0.824. The van der Waals surface area contributed by atoms with Gasteiger partial charge in [-0.05, 0) is 0 Å². The quantitative estimate of drug-likeness (QED) is 0.489. The van der Waals surface area contributed by atoms with Crippen LogP contribution in [0.4, 0.5) is 0 Å². The first-order chi connectivity index (χ1) is 9.45. The molecule has 0 bridgehead atoms. The maximum absolute atomic E-state index is 2.24. The second-order valence-corrected chi connectivity index (χ2v) is 6.96. The summed E-state index contributed by atoms with van der Waals surface area (Å²) in [4.78, 5) is 0. The molecule has 21 heavy (non-hydrogen) atoms. The molecule has 0 unspecified atom stereocenters. The predicted octanol–water partition coefficient (Wildman–Crippen LogP) is 0.194. The molecule has 0 fully saturated rings. The third-order valence-corrected chi connectivity index (χ3v) is 5.92. The summed E-state index contributed by atoms with van der Waals surface area (Å²) < 4.78 is 0. The summed E-state index contributed by atoms with van der Waals surface area (Å²) in [6, 6.07) is 32.5. The van der Waals surface area contributed by atoms with Crippen molar-refractivity contribution < 1.29 is 5.48 Å². The van der Waals surface area contributed by atoms with Gasteiger partial charge < -0.3 is 5.48 Å². The molecule has 0 aliphatic carbocycles. The zero-order valence-electron chi connectivity index (χ0n) is 11.2. The van der Waals surface area contributed by atoms with Crippen molar-refractivity contribution >= 4 is 41.7 Å². The van der Waals surface area contributed by atoms with Gasteiger partial charge in [0.2, 0.25) is 0 Å². The zero-order valence-corrected chi connectivity index (χ0v) is 12.2. The van der Waals surface area contributed by atoms with Gasteiger partial charge in [-0.2, -0.15) is 0 Å². The Morgan fingerprint density at radius 1 is 0.429 bits per heavy atom. The first-order valence-electron chi connectivity index (χ1n) is 6.48. The Kier molecular flexibility index (Phi) is 7.14. The predicted molar refractivity (Wildman–Crippen MR) is 97.5 cm³/mol. The van der Waals surface area contributed by atoms with Crippen LogP contribution in [0.2, 0.25) is 0 Å². The Balaban J connectivity index is 0.00000110. The van der Waals surface area contributed by atoms with Crippen molar-refractivity contribution in [1.82, 2.24) is 0 Å². The lowest BCUT2D eigenvalue weighted by Gasteiger charge is -2.16. The van der Waals surface area contributed by atoms with Gasteiger partial charge in [0.05, 0.1) is 0 Å². The van der Waals surface area contributed by atoms with E-state index in [-0.39, 0.29) is 22.8 Å². The summed E-state index contributed by atoms with van der Waals surface area (Å²) in [5.74, 6) is 0. The molecule has 0 saturated heterocycles. The Morgan fingerprint density at radius 2 is 0.667 bits per heavy atom. The molecule has 0 spiro atoms. The molecule has 0 aliphatic heterocycles. The van der Waals surface area contributed by atoms with Crippen LogP contribution in [0.15, 0.2) is 91.0 Å². The van der Waals surface area contributed by atoms with E-state index in [4.69, 9.17) is 0 Å². The average molecular weight is 307 g/mol. The topological polar surface area (TPSA) is 31.5 Å². The minimum atomic E-state index is -0.877. The van der Waals surface area contributed by atoms with E-state index >= 15 is 0 Å². The molecule has 1 nitrogen and oxygen atoms in total. The SMILES string of the molecule is O.[AlH3].c1ccc([Si](c2ccccc2)c2ccccc2)cc1. The maximum atomic E-state index is 2.24. The van der Waals surface area contributed by atoms with Crippen molar-refractivity contribution in [1.29, 1.82) is 0 Å². The van der Waals surface area contributed by atoms with Gasteiger partial charge in [-0.1, -0.05) is 107 Å². The summed E-state index contributed by atoms with van der Waals surface area (Å²) in [5.41, 5.74) is 0. The molecule has 0 aromatic heterocycles. The Labute approximate surface area is 138 Å². The third kappa shape index (κ3) is 4.17. The van der Waals surface area contributed by atoms with E-state index in [1.807, 2.05) is 0 Å². The minimum absolute atomic E-state index is 0. The first kappa shape index (κ1) is 17.4. The monoisotopic (exact) mass is 307 g/mol. The number of hydrogen-bond acceptors (Lipinski definition) is 0. The molecule has 3 aromatic rings. The highest BCUT2D eigenvalue weighted by molar-refractivity contribution is 6.95. The van der Waals surface area contributed by atoms with Gasteiger partial charge in [0.15, 0.2) is 26.2 Å². The lowest BCUT2D eigenvalue weighted by Crippen LogP contribution is -2.51. The van der Waals surface area contributed by atoms with Gasteiger partial charge in [-0.15, -0.1) is 0 Å². The molecule has 0 atom stereocenters. The smallest absolute Gasteiger partial charge is 0.187 e. The number of benzene rings is 3. The minimum Gasteiger partial charge on any atom is -0.412 e. The lowest BCUT2D eigenvalue weighted by atomic mass is 10.3. The van der Waals surface area contributed by atoms with Crippen LogP contribution in [0.5, 0.6) is 0 Å². The Bertz CT molecular complexity index is 535. The normalized spacial score (nSPS) is 9.57. The molecular formula is C18H20AlOSi. The fourth-order valence-electron chi connectivity index (χ4n) is 2.31. The molecular weight excluding hydrogens is 287 g/mol. The van der Waals surface area contributed by atoms with Crippen LogP contribution in [0, 0.1) is 0 Å². The van der Waals surface area contributed by atoms with Crippen LogP contribution in [-0.2, 0) is 0 Å². The second kappa shape index (κ2) is 8.61. The molecule has 3 aromatic carbocycles. The van der Waals surface area contributed by atoms with E-state index in [9.17, 15) is 0 Å². The van der Waals surface area contributed by atoms with Crippen LogP contribution in [0.25, 0.3) is 0 Å². The molecule has 105 valence electrons. The highest BCUT2D eigenvalue weighted by Gasteiger charge is 2.18. The molecule has 2 N–H and O–H groups in total. The van der Waals surface area contributed by atoms with Gasteiger partial charge in [-0.25, -0.2) is 0 Å². The Morgan fingerprint density at radius 3 is 0.905 bits per heavy atom. The van der Waals surface area contributed by atoms with Gasteiger partial charge in [0.25, 0.3) is 0 Å². The van der Waals surface area contributed by atoms with Gasteiger partial charge in [0, 0.05) is 0 Å². The molecule has 3 rings (SSSR count). The molecule has 0 aliphatic rings. The summed E-state index contributed by atoms with van der Waals surface area (Å²) in [7, 11) is -0.877. The van der Waals surface area contributed by atoms with Gasteiger partial charge in [-0.3, -0.25) is 0 Å². The van der Waals surface area contributed by atoms with Crippen molar-refractivity contribution in [2.45, 2.75) is 0 Å². The highest BCUT2D eigenvalue weighted by atomic mass is 28.3. The third-order valence-electron chi connectivity index (χ3n) is 3.19. The van der Waals surface area contributed by atoms with Crippen LogP contribution < -0.4 is 15.6 Å². The van der Waals surface area contributed by atoms with E-state index in [0.29, 0.717) is 0 Å². The summed E-state index contributed by atoms with van der Waals surface area (Å²) in [6.07, 6.45) is 0. The molecule has 1 radical (unpaired) electrons. The van der Waals surface area contributed by atoms with Crippen molar-refractivity contribution in [3.63, 3.8) is 0 Å². The highest BCUT2D eigenvalue weighted by Crippen LogP contribution is 1.95. The van der Waals surface area contributed by atoms with Crippen LogP contribution in [0.1, 0.15) is 0 Å². The van der Waals surface area contributed by atoms with E-state index < -0.39 is 8.80 Å².